The summed E-state index contributed by atoms with van der Waals surface area (Å²) in [6.07, 6.45) is 2.31. The van der Waals surface area contributed by atoms with Crippen molar-refractivity contribution in [1.29, 1.82) is 0 Å². The van der Waals surface area contributed by atoms with Crippen LogP contribution in [0.2, 0.25) is 0 Å². The molecule has 1 N–H and O–H groups in total. The van der Waals surface area contributed by atoms with Crippen molar-refractivity contribution in [3.63, 3.8) is 0 Å². The summed E-state index contributed by atoms with van der Waals surface area (Å²) in [5.74, 6) is -1.64. The van der Waals surface area contributed by atoms with Gasteiger partial charge in [-0.25, -0.2) is 4.79 Å². The Labute approximate surface area is 123 Å². The average Bonchev–Trinajstić information content (AvgIpc) is 2.85. The van der Waals surface area contributed by atoms with E-state index in [1.807, 2.05) is 0 Å². The first-order valence-electron chi connectivity index (χ1n) is 7.34. The van der Waals surface area contributed by atoms with E-state index in [1.165, 1.54) is 4.90 Å². The predicted octanol–water partition coefficient (Wildman–Crippen LogP) is -0.0530. The fourth-order valence-corrected chi connectivity index (χ4v) is 3.04. The van der Waals surface area contributed by atoms with Crippen molar-refractivity contribution in [3.05, 3.63) is 0 Å². The van der Waals surface area contributed by atoms with E-state index in [1.54, 1.807) is 12.0 Å². The van der Waals surface area contributed by atoms with Gasteiger partial charge in [0.1, 0.15) is 6.04 Å². The highest BCUT2D eigenvalue weighted by atomic mass is 16.5. The molecule has 0 spiro atoms. The van der Waals surface area contributed by atoms with Gasteiger partial charge in [0.2, 0.25) is 11.8 Å². The molecular formula is C14H22N2O5. The molecule has 7 heteroatoms. The number of likely N-dealkylation sites (tertiary alicyclic amines) is 2. The molecule has 2 aliphatic heterocycles. The quantitative estimate of drug-likeness (QED) is 0.769. The lowest BCUT2D eigenvalue weighted by molar-refractivity contribution is -0.153. The van der Waals surface area contributed by atoms with Crippen LogP contribution in [0.4, 0.5) is 0 Å². The van der Waals surface area contributed by atoms with E-state index < -0.39 is 17.9 Å². The second kappa shape index (κ2) is 6.89. The van der Waals surface area contributed by atoms with Crippen molar-refractivity contribution in [2.24, 2.45) is 5.92 Å². The van der Waals surface area contributed by atoms with Crippen molar-refractivity contribution in [2.75, 3.05) is 33.4 Å². The Balaban J connectivity index is 1.99. The molecule has 0 saturated carbocycles. The van der Waals surface area contributed by atoms with Gasteiger partial charge in [-0.3, -0.25) is 9.59 Å². The Morgan fingerprint density at radius 3 is 2.81 bits per heavy atom. The van der Waals surface area contributed by atoms with Crippen LogP contribution in [0.1, 0.15) is 25.7 Å². The summed E-state index contributed by atoms with van der Waals surface area (Å²) in [5.41, 5.74) is 0. The third-order valence-corrected chi connectivity index (χ3v) is 4.20. The summed E-state index contributed by atoms with van der Waals surface area (Å²) in [6, 6.07) is -0.741. The largest absolute Gasteiger partial charge is 0.480 e. The number of carboxylic acids is 1. The standard InChI is InChI=1S/C14H22N2O5/c1-21-7-6-15-9-10(8-12(15)17)13(18)16-5-3-2-4-11(16)14(19)20/h10-11H,2-9H2,1H3,(H,19,20)/t10?,11-/m0/s1. The molecule has 2 rings (SSSR count). The number of methoxy groups -OCH3 is 1. The Bertz CT molecular complexity index is 426. The Kier molecular flexibility index (Phi) is 5.17. The molecule has 2 fully saturated rings. The minimum Gasteiger partial charge on any atom is -0.480 e. The lowest BCUT2D eigenvalue weighted by Gasteiger charge is -2.34. The molecule has 2 aliphatic rings. The first-order valence-corrected chi connectivity index (χ1v) is 7.34. The number of carbonyl (C=O) groups is 3. The van der Waals surface area contributed by atoms with Crippen LogP contribution in [0.5, 0.6) is 0 Å². The van der Waals surface area contributed by atoms with Crippen LogP contribution < -0.4 is 0 Å². The van der Waals surface area contributed by atoms with Gasteiger partial charge >= 0.3 is 5.97 Å². The monoisotopic (exact) mass is 298 g/mol. The molecule has 2 heterocycles. The van der Waals surface area contributed by atoms with Crippen LogP contribution in [0.3, 0.4) is 0 Å². The van der Waals surface area contributed by atoms with Crippen LogP contribution in [0, 0.1) is 5.92 Å². The van der Waals surface area contributed by atoms with Crippen molar-refractivity contribution in [1.82, 2.24) is 9.80 Å². The zero-order valence-corrected chi connectivity index (χ0v) is 12.3. The number of nitrogens with zero attached hydrogens (tertiary/aromatic N) is 2. The van der Waals surface area contributed by atoms with Gasteiger partial charge < -0.3 is 19.6 Å². The van der Waals surface area contributed by atoms with E-state index in [4.69, 9.17) is 4.74 Å². The Morgan fingerprint density at radius 2 is 2.14 bits per heavy atom. The minimum absolute atomic E-state index is 0.0608. The smallest absolute Gasteiger partial charge is 0.326 e. The number of carbonyl (C=O) groups excluding carboxylic acids is 2. The van der Waals surface area contributed by atoms with E-state index in [0.29, 0.717) is 32.7 Å². The second-order valence-corrected chi connectivity index (χ2v) is 5.62. The van der Waals surface area contributed by atoms with E-state index in [9.17, 15) is 19.5 Å². The first kappa shape index (κ1) is 15.8. The highest BCUT2D eigenvalue weighted by Crippen LogP contribution is 2.25. The maximum atomic E-state index is 12.5. The normalized spacial score (nSPS) is 26.2. The number of amides is 2. The number of hydrogen-bond acceptors (Lipinski definition) is 4. The lowest BCUT2D eigenvalue weighted by Crippen LogP contribution is -2.50. The van der Waals surface area contributed by atoms with Crippen molar-refractivity contribution in [2.45, 2.75) is 31.7 Å². The highest BCUT2D eigenvalue weighted by Gasteiger charge is 2.40. The third kappa shape index (κ3) is 3.53. The van der Waals surface area contributed by atoms with E-state index in [2.05, 4.69) is 0 Å². The van der Waals surface area contributed by atoms with Crippen LogP contribution in [0.25, 0.3) is 0 Å². The van der Waals surface area contributed by atoms with E-state index >= 15 is 0 Å². The number of carboxylic acid groups (broad SMARTS) is 1. The highest BCUT2D eigenvalue weighted by molar-refractivity contribution is 5.91. The summed E-state index contributed by atoms with van der Waals surface area (Å²) >= 11 is 0. The SMILES string of the molecule is COCCN1CC(C(=O)N2CCCC[C@H]2C(=O)O)CC1=O. The molecule has 0 aliphatic carbocycles. The van der Waals surface area contributed by atoms with Gasteiger partial charge in [-0.05, 0) is 19.3 Å². The topological polar surface area (TPSA) is 87.2 Å². The van der Waals surface area contributed by atoms with Gasteiger partial charge in [-0.1, -0.05) is 0 Å². The molecule has 2 atom stereocenters. The van der Waals surface area contributed by atoms with Crippen molar-refractivity contribution in [3.8, 4) is 0 Å². The van der Waals surface area contributed by atoms with Crippen LogP contribution in [-0.2, 0) is 19.1 Å². The third-order valence-electron chi connectivity index (χ3n) is 4.20. The van der Waals surface area contributed by atoms with Gasteiger partial charge in [0.15, 0.2) is 0 Å². The Hall–Kier alpha value is -1.63. The first-order chi connectivity index (χ1) is 10.0. The van der Waals surface area contributed by atoms with Gasteiger partial charge in [-0.2, -0.15) is 0 Å². The number of rotatable bonds is 5. The molecule has 21 heavy (non-hydrogen) atoms. The lowest BCUT2D eigenvalue weighted by atomic mass is 9.98. The molecule has 1 unspecified atom stereocenters. The molecule has 2 saturated heterocycles. The van der Waals surface area contributed by atoms with Crippen LogP contribution >= 0.6 is 0 Å². The zero-order valence-electron chi connectivity index (χ0n) is 12.3. The van der Waals surface area contributed by atoms with Crippen LogP contribution in [-0.4, -0.2) is 72.1 Å². The van der Waals surface area contributed by atoms with E-state index in [0.717, 1.165) is 12.8 Å². The minimum atomic E-state index is -0.955. The summed E-state index contributed by atoms with van der Waals surface area (Å²) < 4.78 is 4.95. The summed E-state index contributed by atoms with van der Waals surface area (Å²) in [6.45, 7) is 1.75. The van der Waals surface area contributed by atoms with Crippen LogP contribution in [0.15, 0.2) is 0 Å². The molecular weight excluding hydrogens is 276 g/mol. The molecule has 0 radical (unpaired) electrons. The summed E-state index contributed by atoms with van der Waals surface area (Å²) in [7, 11) is 1.56. The average molecular weight is 298 g/mol. The number of aliphatic carboxylic acids is 1. The summed E-state index contributed by atoms with van der Waals surface area (Å²) in [5, 5.41) is 9.23. The number of piperidine rings is 1. The summed E-state index contributed by atoms with van der Waals surface area (Å²) in [4.78, 5) is 38.7. The maximum absolute atomic E-state index is 12.5. The molecule has 0 aromatic carbocycles. The Morgan fingerprint density at radius 1 is 1.38 bits per heavy atom. The number of ether oxygens (including phenoxy) is 1. The van der Waals surface area contributed by atoms with Gasteiger partial charge in [-0.15, -0.1) is 0 Å². The molecule has 7 nitrogen and oxygen atoms in total. The van der Waals surface area contributed by atoms with Crippen molar-refractivity contribution >= 4 is 17.8 Å². The maximum Gasteiger partial charge on any atom is 0.326 e. The predicted molar refractivity (Wildman–Crippen MR) is 73.6 cm³/mol. The fourth-order valence-electron chi connectivity index (χ4n) is 3.04. The van der Waals surface area contributed by atoms with Gasteiger partial charge in [0.25, 0.3) is 0 Å². The molecule has 2 amide bonds. The molecule has 0 aromatic rings. The van der Waals surface area contributed by atoms with Crippen molar-refractivity contribution < 1.29 is 24.2 Å². The number of hydrogen-bond donors (Lipinski definition) is 1. The van der Waals surface area contributed by atoms with Gasteiger partial charge in [0.05, 0.1) is 12.5 Å². The molecule has 0 aromatic heterocycles. The fraction of sp³-hybridized carbons (Fsp3) is 0.786. The zero-order chi connectivity index (χ0) is 15.4. The second-order valence-electron chi connectivity index (χ2n) is 5.62. The molecule has 0 bridgehead atoms. The molecule has 118 valence electrons. The van der Waals surface area contributed by atoms with Gasteiger partial charge in [0, 0.05) is 33.2 Å². The van der Waals surface area contributed by atoms with E-state index in [-0.39, 0.29) is 18.2 Å².